The maximum Gasteiger partial charge on any atom is 0.336 e. The third-order valence-corrected chi connectivity index (χ3v) is 1.53. The first kappa shape index (κ1) is 8.94. The molecule has 0 bridgehead atoms. The molecule has 0 fully saturated rings. The summed E-state index contributed by atoms with van der Waals surface area (Å²) in [7, 11) is 0. The predicted octanol–water partition coefficient (Wildman–Crippen LogP) is 1.82. The minimum atomic E-state index is -0.302. The summed E-state index contributed by atoms with van der Waals surface area (Å²) < 4.78 is 4.91. The van der Waals surface area contributed by atoms with E-state index in [4.69, 9.17) is 15.2 Å². The lowest BCUT2D eigenvalue weighted by Crippen LogP contribution is -1.93. The van der Waals surface area contributed by atoms with E-state index in [0.29, 0.717) is 5.58 Å². The summed E-state index contributed by atoms with van der Waals surface area (Å²) in [5.74, 6) is 0. The zero-order valence-electron chi connectivity index (χ0n) is 6.68. The summed E-state index contributed by atoms with van der Waals surface area (Å²) in [5, 5.41) is 13.0. The van der Waals surface area contributed by atoms with Gasteiger partial charge in [-0.25, -0.2) is 4.79 Å². The number of hydrogen-bond donors (Lipinski definition) is 0. The van der Waals surface area contributed by atoms with E-state index in [2.05, 4.69) is 0 Å². The van der Waals surface area contributed by atoms with Crippen LogP contribution in [0.2, 0.25) is 0 Å². The van der Waals surface area contributed by atoms with Crippen LogP contribution in [0.4, 0.5) is 0 Å². The molecule has 0 aliphatic rings. The summed E-state index contributed by atoms with van der Waals surface area (Å²) in [4.78, 5) is 10.7. The zero-order valence-corrected chi connectivity index (χ0v) is 6.68. The van der Waals surface area contributed by atoms with Crippen molar-refractivity contribution in [2.24, 2.45) is 0 Å². The lowest BCUT2D eigenvalue weighted by atomic mass is 10.2. The van der Waals surface area contributed by atoms with E-state index in [1.807, 2.05) is 18.2 Å². The van der Waals surface area contributed by atoms with Gasteiger partial charge in [0.1, 0.15) is 5.58 Å². The molecule has 4 nitrogen and oxygen atoms in total. The molecule has 0 amide bonds. The maximum absolute atomic E-state index is 10.7. The molecule has 0 N–H and O–H groups in total. The highest BCUT2D eigenvalue weighted by atomic mass is 16.4. The zero-order chi connectivity index (χ0) is 9.68. The van der Waals surface area contributed by atoms with Crippen molar-refractivity contribution in [2.45, 2.75) is 0 Å². The van der Waals surface area contributed by atoms with Gasteiger partial charge in [0.15, 0.2) is 0 Å². The van der Waals surface area contributed by atoms with E-state index in [1.54, 1.807) is 12.1 Å². The molecule has 0 atom stereocenters. The van der Waals surface area contributed by atoms with E-state index in [1.165, 1.54) is 6.07 Å². The van der Waals surface area contributed by atoms with Crippen molar-refractivity contribution < 1.29 is 4.42 Å². The highest BCUT2D eigenvalue weighted by Crippen LogP contribution is 2.08. The molecule has 0 aliphatic heterocycles. The first-order chi connectivity index (χ1) is 6.36. The Morgan fingerprint density at radius 1 is 1.00 bits per heavy atom. The summed E-state index contributed by atoms with van der Waals surface area (Å²) in [6.45, 7) is 0. The largest absolute Gasteiger partial charge is 0.423 e. The monoisotopic (exact) mass is 174 g/mol. The lowest BCUT2D eigenvalue weighted by molar-refractivity contribution is 0.561. The van der Waals surface area contributed by atoms with Crippen molar-refractivity contribution in [1.29, 1.82) is 10.8 Å². The Hall–Kier alpha value is -2.15. The van der Waals surface area contributed by atoms with Gasteiger partial charge in [-0.15, -0.1) is 0 Å². The third-order valence-electron chi connectivity index (χ3n) is 1.53. The normalized spacial score (nSPS) is 8.77. The molecule has 64 valence electrons. The standard InChI is InChI=1S/C9H6O2.N2/c10-9-6-5-7-3-1-2-4-8(7)11-9;1-2/h1-6H;. The second-order valence-electron chi connectivity index (χ2n) is 2.29. The first-order valence-corrected chi connectivity index (χ1v) is 3.55. The van der Waals surface area contributed by atoms with Crippen LogP contribution in [-0.2, 0) is 0 Å². The Bertz CT molecular complexity index is 473. The molecule has 0 unspecified atom stereocenters. The molecule has 1 aromatic heterocycles. The molecule has 2 aromatic rings. The molecule has 4 heteroatoms. The molecule has 0 spiro atoms. The van der Waals surface area contributed by atoms with Gasteiger partial charge < -0.3 is 4.42 Å². The maximum atomic E-state index is 10.7. The van der Waals surface area contributed by atoms with Crippen molar-refractivity contribution >= 4 is 11.0 Å². The Balaban J connectivity index is 0.000000396. The van der Waals surface area contributed by atoms with E-state index in [-0.39, 0.29) is 5.63 Å². The summed E-state index contributed by atoms with van der Waals surface area (Å²) in [6.07, 6.45) is 0. The Morgan fingerprint density at radius 2 is 1.69 bits per heavy atom. The number of hydrogen-bond acceptors (Lipinski definition) is 4. The van der Waals surface area contributed by atoms with Crippen LogP contribution in [0.1, 0.15) is 0 Å². The second kappa shape index (κ2) is 4.02. The van der Waals surface area contributed by atoms with Crippen LogP contribution in [0, 0.1) is 10.8 Å². The third kappa shape index (κ3) is 1.91. The van der Waals surface area contributed by atoms with Gasteiger partial charge >= 0.3 is 5.63 Å². The van der Waals surface area contributed by atoms with Crippen LogP contribution in [0.3, 0.4) is 0 Å². The molecular weight excluding hydrogens is 168 g/mol. The molecule has 1 heterocycles. The van der Waals surface area contributed by atoms with Crippen LogP contribution in [-0.4, -0.2) is 0 Å². The fourth-order valence-corrected chi connectivity index (χ4v) is 1.01. The fourth-order valence-electron chi connectivity index (χ4n) is 1.01. The highest BCUT2D eigenvalue weighted by molar-refractivity contribution is 5.75. The summed E-state index contributed by atoms with van der Waals surface area (Å²) >= 11 is 0. The SMILES string of the molecule is N#N.O=c1ccc2ccccc2o1. The van der Waals surface area contributed by atoms with Crippen molar-refractivity contribution in [3.63, 3.8) is 0 Å². The topological polar surface area (TPSA) is 77.8 Å². The van der Waals surface area contributed by atoms with Crippen molar-refractivity contribution in [3.8, 4) is 0 Å². The fraction of sp³-hybridized carbons (Fsp3) is 0. The minimum absolute atomic E-state index is 0.302. The molecular formula is C9H6N2O2. The number of para-hydroxylation sites is 1. The Morgan fingerprint density at radius 3 is 2.46 bits per heavy atom. The second-order valence-corrected chi connectivity index (χ2v) is 2.29. The van der Waals surface area contributed by atoms with Gasteiger partial charge in [-0.3, -0.25) is 0 Å². The number of fused-ring (bicyclic) bond motifs is 1. The van der Waals surface area contributed by atoms with Crippen LogP contribution < -0.4 is 5.63 Å². The van der Waals surface area contributed by atoms with Crippen LogP contribution in [0.5, 0.6) is 0 Å². The number of benzene rings is 1. The van der Waals surface area contributed by atoms with Crippen LogP contribution >= 0.6 is 0 Å². The van der Waals surface area contributed by atoms with Gasteiger partial charge in [0, 0.05) is 22.2 Å². The average Bonchev–Trinajstić information content (AvgIpc) is 2.21. The lowest BCUT2D eigenvalue weighted by Gasteiger charge is -1.91. The molecule has 0 aliphatic carbocycles. The number of rotatable bonds is 0. The quantitative estimate of drug-likeness (QED) is 0.450. The van der Waals surface area contributed by atoms with Gasteiger partial charge in [-0.05, 0) is 12.1 Å². The van der Waals surface area contributed by atoms with Crippen molar-refractivity contribution in [1.82, 2.24) is 0 Å². The smallest absolute Gasteiger partial charge is 0.336 e. The van der Waals surface area contributed by atoms with Gasteiger partial charge in [0.2, 0.25) is 0 Å². The molecule has 0 radical (unpaired) electrons. The number of nitrogens with zero attached hydrogens (tertiary/aromatic N) is 2. The summed E-state index contributed by atoms with van der Waals surface area (Å²) in [5.41, 5.74) is 0.337. The van der Waals surface area contributed by atoms with Crippen molar-refractivity contribution in [3.05, 3.63) is 46.8 Å². The Kier molecular flexibility index (Phi) is 2.77. The predicted molar refractivity (Wildman–Crippen MR) is 45.9 cm³/mol. The first-order valence-electron chi connectivity index (χ1n) is 3.55. The molecule has 2 rings (SSSR count). The van der Waals surface area contributed by atoms with E-state index in [0.717, 1.165) is 5.39 Å². The van der Waals surface area contributed by atoms with Gasteiger partial charge in [-0.2, -0.15) is 0 Å². The minimum Gasteiger partial charge on any atom is -0.423 e. The molecule has 0 saturated carbocycles. The van der Waals surface area contributed by atoms with E-state index in [9.17, 15) is 4.79 Å². The van der Waals surface area contributed by atoms with Gasteiger partial charge in [-0.1, -0.05) is 18.2 Å². The molecule has 0 saturated heterocycles. The molecule has 1 aromatic carbocycles. The van der Waals surface area contributed by atoms with E-state index >= 15 is 0 Å². The van der Waals surface area contributed by atoms with Crippen LogP contribution in [0.15, 0.2) is 45.6 Å². The Labute approximate surface area is 73.8 Å². The van der Waals surface area contributed by atoms with Crippen LogP contribution in [0.25, 0.3) is 11.0 Å². The molecule has 13 heavy (non-hydrogen) atoms. The van der Waals surface area contributed by atoms with E-state index < -0.39 is 0 Å². The summed E-state index contributed by atoms with van der Waals surface area (Å²) in [6, 6.07) is 10.6. The highest BCUT2D eigenvalue weighted by Gasteiger charge is 1.92. The van der Waals surface area contributed by atoms with Crippen molar-refractivity contribution in [2.75, 3.05) is 0 Å². The van der Waals surface area contributed by atoms with Gasteiger partial charge in [0.05, 0.1) is 0 Å². The average molecular weight is 174 g/mol. The van der Waals surface area contributed by atoms with Gasteiger partial charge in [0.25, 0.3) is 0 Å².